The molecule has 0 aliphatic rings. The molecule has 0 unspecified atom stereocenters. The molecule has 0 saturated heterocycles. The lowest BCUT2D eigenvalue weighted by atomic mass is 10.0. The van der Waals surface area contributed by atoms with Crippen LogP contribution in [-0.2, 0) is 0 Å². The van der Waals surface area contributed by atoms with Crippen LogP contribution in [0.5, 0.6) is 5.75 Å². The highest BCUT2D eigenvalue weighted by atomic mass is 79.9. The first-order valence-corrected chi connectivity index (χ1v) is 21.7. The molecule has 0 amide bonds. The van der Waals surface area contributed by atoms with E-state index < -0.39 is 0 Å². The van der Waals surface area contributed by atoms with Crippen molar-refractivity contribution in [2.45, 2.75) is 0 Å². The summed E-state index contributed by atoms with van der Waals surface area (Å²) in [5.74, 6) is 0.696. The molecule has 0 fully saturated rings. The number of hydrogen-bond acceptors (Lipinski definition) is 7. The third kappa shape index (κ3) is 7.25. The zero-order chi connectivity index (χ0) is 38.0. The van der Waals surface area contributed by atoms with E-state index in [1.807, 2.05) is 65.1 Å². The van der Waals surface area contributed by atoms with Crippen LogP contribution in [0.3, 0.4) is 0 Å². The summed E-state index contributed by atoms with van der Waals surface area (Å²) in [6.07, 6.45) is 0. The molecular weight excluding hydrogens is 879 g/mol. The Morgan fingerprint density at radius 2 is 0.804 bits per heavy atom. The van der Waals surface area contributed by atoms with Crippen molar-refractivity contribution in [2.24, 2.45) is 0 Å². The largest absolute Gasteiger partial charge is 0.569 e. The van der Waals surface area contributed by atoms with E-state index >= 15 is 0 Å². The van der Waals surface area contributed by atoms with Crippen molar-refractivity contribution < 1.29 is 9.68 Å². The number of aromatic nitrogens is 2. The molecule has 1 radical (unpaired) electrons. The fourth-order valence-corrected chi connectivity index (χ4v) is 11.4. The van der Waals surface area contributed by atoms with Gasteiger partial charge in [-0.15, -0.1) is 34.0 Å². The predicted molar refractivity (Wildman–Crippen MR) is 248 cm³/mol. The van der Waals surface area contributed by atoms with E-state index in [0.29, 0.717) is 5.75 Å². The third-order valence-corrected chi connectivity index (χ3v) is 13.9. The molecule has 5 heterocycles. The van der Waals surface area contributed by atoms with E-state index in [0.717, 1.165) is 33.0 Å². The molecule has 0 spiro atoms. The molecule has 10 heteroatoms. The van der Waals surface area contributed by atoms with Crippen LogP contribution in [0.25, 0.3) is 83.0 Å². The van der Waals surface area contributed by atoms with Gasteiger partial charge in [-0.2, -0.15) is 0 Å². The second-order valence-corrected chi connectivity index (χ2v) is 17.5. The van der Waals surface area contributed by atoms with Gasteiger partial charge < -0.3 is 9.68 Å². The Morgan fingerprint density at radius 3 is 1.27 bits per heavy atom. The van der Waals surface area contributed by atoms with Gasteiger partial charge in [0, 0.05) is 66.9 Å². The zero-order valence-corrected chi connectivity index (χ0v) is 35.0. The fraction of sp³-hybridized carbons (Fsp3) is 0. The number of rotatable bonds is 4. The van der Waals surface area contributed by atoms with Crippen molar-refractivity contribution in [1.82, 2.24) is 9.97 Å². The monoisotopic (exact) mass is 905 g/mol. The van der Waals surface area contributed by atoms with Crippen LogP contribution < -0.4 is 4.65 Å². The van der Waals surface area contributed by atoms with E-state index in [1.54, 1.807) is 11.3 Å². The number of benzene rings is 6. The SMILES string of the molecule is Brc1cccc(Br)n1.O[B]Oc1cccc2c1sc1ccccc12.c1cc(-c2cccc3c2sc2ccccc23)nc(-c2cccc3c2sc2ccccc23)c1. The summed E-state index contributed by atoms with van der Waals surface area (Å²) >= 11 is 11.8. The second-order valence-electron chi connectivity index (χ2n) is 12.7. The average Bonchev–Trinajstić information content (AvgIpc) is 3.93. The summed E-state index contributed by atoms with van der Waals surface area (Å²) in [7, 11) is 0.721. The van der Waals surface area contributed by atoms with Crippen molar-refractivity contribution in [2.75, 3.05) is 0 Å². The van der Waals surface area contributed by atoms with Crippen LogP contribution >= 0.6 is 65.9 Å². The van der Waals surface area contributed by atoms with Gasteiger partial charge in [-0.1, -0.05) is 115 Å². The lowest BCUT2D eigenvalue weighted by Crippen LogP contribution is -1.99. The number of fused-ring (bicyclic) bond motifs is 9. The highest BCUT2D eigenvalue weighted by molar-refractivity contribution is 9.11. The van der Waals surface area contributed by atoms with E-state index in [4.69, 9.17) is 14.7 Å². The van der Waals surface area contributed by atoms with Gasteiger partial charge in [-0.25, -0.2) is 9.97 Å². The van der Waals surface area contributed by atoms with E-state index in [1.165, 1.54) is 66.9 Å². The molecule has 0 atom stereocenters. The Hall–Kier alpha value is -4.94. The van der Waals surface area contributed by atoms with Gasteiger partial charge in [0.2, 0.25) is 0 Å². The van der Waals surface area contributed by atoms with Gasteiger partial charge in [-0.3, -0.25) is 0 Å². The topological polar surface area (TPSA) is 55.2 Å². The van der Waals surface area contributed by atoms with Crippen LogP contribution in [0.1, 0.15) is 0 Å². The quantitative estimate of drug-likeness (QED) is 0.141. The van der Waals surface area contributed by atoms with Crippen LogP contribution in [-0.4, -0.2) is 22.7 Å². The Labute approximate surface area is 352 Å². The van der Waals surface area contributed by atoms with E-state index in [9.17, 15) is 0 Å². The maximum absolute atomic E-state index is 8.71. The highest BCUT2D eigenvalue weighted by Crippen LogP contribution is 2.42. The van der Waals surface area contributed by atoms with Gasteiger partial charge in [-0.05, 0) is 80.4 Å². The molecule has 11 rings (SSSR count). The molecule has 5 aromatic heterocycles. The molecule has 0 aliphatic heterocycles. The molecule has 1 N–H and O–H groups in total. The summed E-state index contributed by atoms with van der Waals surface area (Å²) in [6.45, 7) is 0. The van der Waals surface area contributed by atoms with Crippen LogP contribution in [0.4, 0.5) is 0 Å². The van der Waals surface area contributed by atoms with Crippen LogP contribution in [0.2, 0.25) is 0 Å². The van der Waals surface area contributed by atoms with E-state index in [-0.39, 0.29) is 0 Å². The van der Waals surface area contributed by atoms with Crippen molar-refractivity contribution in [3.05, 3.63) is 173 Å². The second kappa shape index (κ2) is 16.3. The van der Waals surface area contributed by atoms with Crippen molar-refractivity contribution in [3.63, 3.8) is 0 Å². The standard InChI is InChI=1S/C29H17NS2.C12H8BO2S.C5H3Br2N/c1-3-16-26-18(8-1)20-10-5-12-22(28(20)31-26)24-14-7-15-25(30-24)23-13-6-11-21-19-9-2-4-17-27(19)32-29(21)23;14-13-15-10-6-3-5-9-8-4-1-2-7-11(8)16-12(9)10;6-4-2-1-3-5(7)8-4/h1-17H;1-7,14H;1-3H. The summed E-state index contributed by atoms with van der Waals surface area (Å²) in [6, 6.07) is 56.6. The summed E-state index contributed by atoms with van der Waals surface area (Å²) < 4.78 is 14.3. The van der Waals surface area contributed by atoms with Crippen molar-refractivity contribution in [1.29, 1.82) is 0 Å². The minimum absolute atomic E-state index is 0.696. The smallest absolute Gasteiger partial charge is 0.536 e. The molecule has 269 valence electrons. The molecule has 0 aliphatic carbocycles. The normalized spacial score (nSPS) is 11.1. The first kappa shape index (κ1) is 36.7. The third-order valence-electron chi connectivity index (χ3n) is 9.34. The van der Waals surface area contributed by atoms with Crippen LogP contribution in [0, 0.1) is 0 Å². The first-order chi connectivity index (χ1) is 27.6. The number of hydrogen-bond donors (Lipinski definition) is 1. The molecule has 0 saturated carbocycles. The lowest BCUT2D eigenvalue weighted by Gasteiger charge is -2.07. The maximum Gasteiger partial charge on any atom is 0.569 e. The Kier molecular flexibility index (Phi) is 10.7. The fourth-order valence-electron chi connectivity index (χ4n) is 6.89. The molecule has 56 heavy (non-hydrogen) atoms. The summed E-state index contributed by atoms with van der Waals surface area (Å²) in [5.41, 5.74) is 4.46. The molecule has 6 aromatic carbocycles. The Morgan fingerprint density at radius 1 is 0.411 bits per heavy atom. The van der Waals surface area contributed by atoms with Crippen LogP contribution in [0.15, 0.2) is 173 Å². The molecular formula is C46H28BBr2N2O2S3. The minimum Gasteiger partial charge on any atom is -0.536 e. The number of thiophene rings is 3. The van der Waals surface area contributed by atoms with Gasteiger partial charge in [0.05, 0.1) is 16.1 Å². The number of pyridine rings is 2. The summed E-state index contributed by atoms with van der Waals surface area (Å²) in [4.78, 5) is 9.17. The lowest BCUT2D eigenvalue weighted by molar-refractivity contribution is 0.457. The minimum atomic E-state index is 0.696. The van der Waals surface area contributed by atoms with Gasteiger partial charge in [0.1, 0.15) is 15.0 Å². The molecule has 4 nitrogen and oxygen atoms in total. The summed E-state index contributed by atoms with van der Waals surface area (Å²) in [5, 5.41) is 16.4. The number of halogens is 2. The van der Waals surface area contributed by atoms with Gasteiger partial charge in [0.25, 0.3) is 0 Å². The Balaban J connectivity index is 0.000000141. The van der Waals surface area contributed by atoms with Crippen molar-refractivity contribution >= 4 is 134 Å². The molecule has 0 bridgehead atoms. The highest BCUT2D eigenvalue weighted by Gasteiger charge is 2.15. The van der Waals surface area contributed by atoms with E-state index in [2.05, 4.69) is 158 Å². The maximum atomic E-state index is 8.71. The van der Waals surface area contributed by atoms with Crippen molar-refractivity contribution in [3.8, 4) is 28.3 Å². The predicted octanol–water partition coefficient (Wildman–Crippen LogP) is 14.7. The average molecular weight is 908 g/mol. The zero-order valence-electron chi connectivity index (χ0n) is 29.4. The number of nitrogens with zero attached hydrogens (tertiary/aromatic N) is 2. The molecule has 11 aromatic rings. The first-order valence-electron chi connectivity index (χ1n) is 17.6. The van der Waals surface area contributed by atoms with Gasteiger partial charge in [0.15, 0.2) is 0 Å². The van der Waals surface area contributed by atoms with Gasteiger partial charge >= 0.3 is 7.69 Å². The Bertz CT molecular complexity index is 3030.